The van der Waals surface area contributed by atoms with Gasteiger partial charge in [-0.1, -0.05) is 38.1 Å². The molecule has 2 aromatic carbocycles. The summed E-state index contributed by atoms with van der Waals surface area (Å²) in [4.78, 5) is 25.3. The fraction of sp³-hybridized carbons (Fsp3) is 0.267. The number of nitrogens with zero attached hydrogens (tertiary/aromatic N) is 3. The zero-order valence-corrected chi connectivity index (χ0v) is 24.1. The van der Waals surface area contributed by atoms with Crippen LogP contribution >= 0.6 is 0 Å². The number of alkyl halides is 3. The van der Waals surface area contributed by atoms with E-state index in [-0.39, 0.29) is 41.9 Å². The fourth-order valence-electron chi connectivity index (χ4n) is 3.53. The summed E-state index contributed by atoms with van der Waals surface area (Å²) in [6.45, 7) is 7.92. The van der Waals surface area contributed by atoms with Crippen LogP contribution in [0, 0.1) is 5.82 Å². The smallest absolute Gasteiger partial charge is 0.417 e. The first-order valence-electron chi connectivity index (χ1n) is 13.3. The number of nitrogen functional groups attached to an aromatic ring is 1. The molecule has 13 heteroatoms. The molecule has 0 radical (unpaired) electrons. The van der Waals surface area contributed by atoms with E-state index in [4.69, 9.17) is 16.2 Å². The van der Waals surface area contributed by atoms with Crippen molar-refractivity contribution in [3.63, 3.8) is 0 Å². The number of nitrogens with one attached hydrogen (secondary N) is 2. The first-order valence-corrected chi connectivity index (χ1v) is 13.3. The van der Waals surface area contributed by atoms with E-state index >= 15 is 0 Å². The van der Waals surface area contributed by atoms with Gasteiger partial charge in [0.15, 0.2) is 5.82 Å². The standard InChI is InChI=1S/C28H27F4N7O2.C2H6/c1-27(2,34)15-41-26-23(33)35-14-22(39-26)17-5-3-16(4-6-17)12-36-24-21(11-18(13-37-24)28(30,31)32)25(40)38-20-9-7-19(29)8-10-20;1-2/h3-11,13-14H,12,15,34H2,1-2H3,(H2,33,35)(H,36,37)(H,38,40);1-2H3. The molecule has 4 aromatic rings. The lowest BCUT2D eigenvalue weighted by atomic mass is 10.1. The summed E-state index contributed by atoms with van der Waals surface area (Å²) < 4.78 is 58.8. The van der Waals surface area contributed by atoms with Gasteiger partial charge in [-0.3, -0.25) is 4.79 Å². The van der Waals surface area contributed by atoms with Gasteiger partial charge in [-0.05, 0) is 49.7 Å². The van der Waals surface area contributed by atoms with Crippen molar-refractivity contribution in [1.29, 1.82) is 0 Å². The fourth-order valence-corrected chi connectivity index (χ4v) is 3.53. The molecule has 43 heavy (non-hydrogen) atoms. The van der Waals surface area contributed by atoms with Crippen LogP contribution in [0.25, 0.3) is 11.3 Å². The van der Waals surface area contributed by atoms with Gasteiger partial charge < -0.3 is 26.8 Å². The van der Waals surface area contributed by atoms with Gasteiger partial charge in [-0.25, -0.2) is 19.3 Å². The summed E-state index contributed by atoms with van der Waals surface area (Å²) in [5, 5.41) is 5.38. The molecule has 0 saturated carbocycles. The number of aromatic nitrogens is 3. The van der Waals surface area contributed by atoms with Crippen molar-refractivity contribution < 1.29 is 27.1 Å². The van der Waals surface area contributed by atoms with Crippen LogP contribution in [-0.2, 0) is 12.7 Å². The molecule has 228 valence electrons. The van der Waals surface area contributed by atoms with Crippen LogP contribution in [-0.4, -0.2) is 33.0 Å². The van der Waals surface area contributed by atoms with E-state index in [1.807, 2.05) is 13.8 Å². The van der Waals surface area contributed by atoms with Crippen molar-refractivity contribution in [2.24, 2.45) is 5.73 Å². The molecule has 2 heterocycles. The number of nitrogens with two attached hydrogens (primary N) is 2. The highest BCUT2D eigenvalue weighted by molar-refractivity contribution is 6.07. The van der Waals surface area contributed by atoms with Gasteiger partial charge in [0, 0.05) is 29.5 Å². The molecule has 0 aliphatic carbocycles. The topological polar surface area (TPSA) is 141 Å². The molecule has 0 fully saturated rings. The van der Waals surface area contributed by atoms with E-state index < -0.39 is 29.0 Å². The number of amides is 1. The van der Waals surface area contributed by atoms with Crippen molar-refractivity contribution in [2.75, 3.05) is 23.0 Å². The van der Waals surface area contributed by atoms with Crippen molar-refractivity contribution >= 4 is 23.2 Å². The van der Waals surface area contributed by atoms with Crippen LogP contribution in [0.15, 0.2) is 67.0 Å². The minimum absolute atomic E-state index is 0.0595. The number of hydrogen-bond donors (Lipinski definition) is 4. The normalized spacial score (nSPS) is 11.3. The maximum absolute atomic E-state index is 13.3. The number of anilines is 3. The molecule has 0 bridgehead atoms. The van der Waals surface area contributed by atoms with Gasteiger partial charge in [0.1, 0.15) is 18.2 Å². The highest BCUT2D eigenvalue weighted by Gasteiger charge is 2.32. The molecule has 6 N–H and O–H groups in total. The molecular weight excluding hydrogens is 566 g/mol. The largest absolute Gasteiger partial charge is 0.473 e. The molecule has 4 rings (SSSR count). The van der Waals surface area contributed by atoms with E-state index in [0.717, 1.165) is 17.7 Å². The number of pyridine rings is 1. The van der Waals surface area contributed by atoms with Gasteiger partial charge in [-0.2, -0.15) is 13.2 Å². The van der Waals surface area contributed by atoms with E-state index in [0.29, 0.717) is 23.5 Å². The molecule has 0 aliphatic rings. The van der Waals surface area contributed by atoms with Crippen LogP contribution in [0.1, 0.15) is 49.2 Å². The van der Waals surface area contributed by atoms with Crippen LogP contribution in [0.3, 0.4) is 0 Å². The van der Waals surface area contributed by atoms with Crippen LogP contribution in [0.5, 0.6) is 5.88 Å². The average molecular weight is 600 g/mol. The number of carbonyl (C=O) groups is 1. The van der Waals surface area contributed by atoms with Gasteiger partial charge >= 0.3 is 6.18 Å². The highest BCUT2D eigenvalue weighted by Crippen LogP contribution is 2.31. The van der Waals surface area contributed by atoms with Crippen molar-refractivity contribution in [3.05, 3.63) is 89.5 Å². The second kappa shape index (κ2) is 13.9. The predicted molar refractivity (Wildman–Crippen MR) is 158 cm³/mol. The Morgan fingerprint density at radius 2 is 1.63 bits per heavy atom. The number of carbonyl (C=O) groups excluding carboxylic acids is 1. The number of hydrogen-bond acceptors (Lipinski definition) is 8. The van der Waals surface area contributed by atoms with E-state index in [2.05, 4.69) is 25.6 Å². The van der Waals surface area contributed by atoms with E-state index in [9.17, 15) is 22.4 Å². The third-order valence-electron chi connectivity index (χ3n) is 5.62. The maximum atomic E-state index is 13.3. The lowest BCUT2D eigenvalue weighted by molar-refractivity contribution is -0.137. The minimum Gasteiger partial charge on any atom is -0.473 e. The number of benzene rings is 2. The third-order valence-corrected chi connectivity index (χ3v) is 5.62. The Hall–Kier alpha value is -4.78. The summed E-state index contributed by atoms with van der Waals surface area (Å²) in [6, 6.07) is 12.6. The SMILES string of the molecule is CC.CC(C)(N)COc1nc(-c2ccc(CNc3ncc(C(F)(F)F)cc3C(=O)Nc3ccc(F)cc3)cc2)cnc1N. The van der Waals surface area contributed by atoms with Gasteiger partial charge in [0.2, 0.25) is 0 Å². The second-order valence-electron chi connectivity index (χ2n) is 9.85. The van der Waals surface area contributed by atoms with Gasteiger partial charge in [0.05, 0.1) is 23.0 Å². The van der Waals surface area contributed by atoms with Crippen LogP contribution < -0.4 is 26.8 Å². The zero-order chi connectivity index (χ0) is 31.8. The Labute approximate surface area is 246 Å². The highest BCUT2D eigenvalue weighted by atomic mass is 19.4. The van der Waals surface area contributed by atoms with Gasteiger partial charge in [0.25, 0.3) is 11.8 Å². The van der Waals surface area contributed by atoms with Crippen LogP contribution in [0.2, 0.25) is 0 Å². The molecule has 9 nitrogen and oxygen atoms in total. The Morgan fingerprint density at radius 3 is 2.23 bits per heavy atom. The predicted octanol–water partition coefficient (Wildman–Crippen LogP) is 6.29. The Balaban J connectivity index is 0.00000248. The lowest BCUT2D eigenvalue weighted by Crippen LogP contribution is -2.39. The third kappa shape index (κ3) is 9.36. The van der Waals surface area contributed by atoms with Crippen molar-refractivity contribution in [2.45, 2.75) is 46.0 Å². The quantitative estimate of drug-likeness (QED) is 0.165. The van der Waals surface area contributed by atoms with E-state index in [1.54, 1.807) is 38.1 Å². The van der Waals surface area contributed by atoms with Gasteiger partial charge in [-0.15, -0.1) is 0 Å². The summed E-state index contributed by atoms with van der Waals surface area (Å²) in [7, 11) is 0. The molecule has 0 unspecified atom stereocenters. The Morgan fingerprint density at radius 1 is 0.977 bits per heavy atom. The molecular formula is C30H33F4N7O2. The summed E-state index contributed by atoms with van der Waals surface area (Å²) in [6.07, 6.45) is -2.56. The monoisotopic (exact) mass is 599 g/mol. The maximum Gasteiger partial charge on any atom is 0.417 e. The minimum atomic E-state index is -4.71. The summed E-state index contributed by atoms with van der Waals surface area (Å²) >= 11 is 0. The molecule has 0 aliphatic heterocycles. The molecule has 0 saturated heterocycles. The Bertz CT molecular complexity index is 1520. The average Bonchev–Trinajstić information content (AvgIpc) is 2.97. The zero-order valence-electron chi connectivity index (χ0n) is 24.1. The second-order valence-corrected chi connectivity index (χ2v) is 9.85. The van der Waals surface area contributed by atoms with E-state index in [1.165, 1.54) is 18.3 Å². The molecule has 0 atom stereocenters. The number of halogens is 4. The first-order chi connectivity index (χ1) is 20.3. The number of ether oxygens (including phenoxy) is 1. The first kappa shape index (κ1) is 32.7. The van der Waals surface area contributed by atoms with Crippen molar-refractivity contribution in [1.82, 2.24) is 15.0 Å². The van der Waals surface area contributed by atoms with Crippen molar-refractivity contribution in [3.8, 4) is 17.1 Å². The molecule has 2 aromatic heterocycles. The molecule has 0 spiro atoms. The lowest BCUT2D eigenvalue weighted by Gasteiger charge is -2.19. The number of rotatable bonds is 9. The molecule has 1 amide bonds. The van der Waals surface area contributed by atoms with Crippen LogP contribution in [0.4, 0.5) is 34.9 Å². The summed E-state index contributed by atoms with van der Waals surface area (Å²) in [5.41, 5.74) is 12.0. The Kier molecular flexibility index (Phi) is 10.6. The summed E-state index contributed by atoms with van der Waals surface area (Å²) in [5.74, 6) is -1.14.